The van der Waals surface area contributed by atoms with E-state index in [-0.39, 0.29) is 0 Å². The van der Waals surface area contributed by atoms with Gasteiger partial charge in [-0.25, -0.2) is 5.14 Å². The normalized spacial score (nSPS) is 10.1. The minimum absolute atomic E-state index is 0.829. The smallest absolute Gasteiger partial charge is 0.330 e. The molecule has 13 heavy (non-hydrogen) atoms. The standard InChI is InChI=1S/C7H9N.H3NO3S/c1-6-2-4-7(8)5-3-6;1-5(2,3)4/h2-5H,8H2,1H3;(H3,1,2,3,4). The molecule has 0 heterocycles. The maximum absolute atomic E-state index is 8.97. The average molecular weight is 204 g/mol. The number of nitrogen functional groups attached to an aromatic ring is 1. The Bertz CT molecular complexity index is 316. The molecule has 5 nitrogen and oxygen atoms in total. The van der Waals surface area contributed by atoms with Gasteiger partial charge in [0.15, 0.2) is 0 Å². The Morgan fingerprint density at radius 3 is 1.77 bits per heavy atom. The lowest BCUT2D eigenvalue weighted by Crippen LogP contribution is -2.08. The summed E-state index contributed by atoms with van der Waals surface area (Å²) in [4.78, 5) is 0. The first-order valence-electron chi connectivity index (χ1n) is 3.36. The van der Waals surface area contributed by atoms with E-state index < -0.39 is 10.3 Å². The lowest BCUT2D eigenvalue weighted by molar-refractivity contribution is 0.485. The van der Waals surface area contributed by atoms with Crippen LogP contribution in [0.2, 0.25) is 0 Å². The van der Waals surface area contributed by atoms with Gasteiger partial charge in [0, 0.05) is 5.69 Å². The van der Waals surface area contributed by atoms with Crippen LogP contribution in [0.1, 0.15) is 5.56 Å². The number of aryl methyl sites for hydroxylation is 1. The van der Waals surface area contributed by atoms with Crippen LogP contribution in [0.4, 0.5) is 5.69 Å². The van der Waals surface area contributed by atoms with E-state index in [1.165, 1.54) is 5.56 Å². The van der Waals surface area contributed by atoms with Crippen molar-refractivity contribution in [3.63, 3.8) is 0 Å². The summed E-state index contributed by atoms with van der Waals surface area (Å²) in [6.45, 7) is 2.04. The summed E-state index contributed by atoms with van der Waals surface area (Å²) in [6, 6.07) is 7.79. The second-order valence-electron chi connectivity index (χ2n) is 2.43. The Balaban J connectivity index is 0.000000252. The Morgan fingerprint density at radius 1 is 1.23 bits per heavy atom. The van der Waals surface area contributed by atoms with Gasteiger partial charge in [0.2, 0.25) is 0 Å². The zero-order valence-corrected chi connectivity index (χ0v) is 7.95. The maximum Gasteiger partial charge on any atom is 0.330 e. The van der Waals surface area contributed by atoms with Crippen molar-refractivity contribution in [2.45, 2.75) is 6.92 Å². The van der Waals surface area contributed by atoms with Crippen molar-refractivity contribution in [2.75, 3.05) is 5.73 Å². The number of anilines is 1. The summed E-state index contributed by atoms with van der Waals surface area (Å²) in [5.41, 5.74) is 7.51. The fourth-order valence-corrected chi connectivity index (χ4v) is 0.566. The van der Waals surface area contributed by atoms with Gasteiger partial charge in [-0.05, 0) is 19.1 Å². The summed E-state index contributed by atoms with van der Waals surface area (Å²) >= 11 is 0. The number of nitrogens with two attached hydrogens (primary N) is 2. The van der Waals surface area contributed by atoms with E-state index in [4.69, 9.17) is 18.7 Å². The van der Waals surface area contributed by atoms with Gasteiger partial charge in [-0.15, -0.1) is 0 Å². The van der Waals surface area contributed by atoms with Crippen molar-refractivity contribution >= 4 is 16.0 Å². The minimum Gasteiger partial charge on any atom is -0.399 e. The third kappa shape index (κ3) is 10.9. The van der Waals surface area contributed by atoms with Gasteiger partial charge in [-0.3, -0.25) is 4.55 Å². The topological polar surface area (TPSA) is 106 Å². The molecule has 1 aromatic rings. The SMILES string of the molecule is Cc1ccc(N)cc1.NS(=O)(=O)O. The average Bonchev–Trinajstić information content (AvgIpc) is 1.92. The van der Waals surface area contributed by atoms with Crippen LogP contribution in [0.3, 0.4) is 0 Å². The molecule has 1 aromatic carbocycles. The molecule has 0 saturated carbocycles. The highest BCUT2D eigenvalue weighted by Crippen LogP contribution is 2.02. The monoisotopic (exact) mass is 204 g/mol. The van der Waals surface area contributed by atoms with Gasteiger partial charge < -0.3 is 5.73 Å². The predicted molar refractivity (Wildman–Crippen MR) is 51.3 cm³/mol. The van der Waals surface area contributed by atoms with E-state index in [1.807, 2.05) is 31.2 Å². The molecule has 0 aliphatic rings. The molecular weight excluding hydrogens is 192 g/mol. The highest BCUT2D eigenvalue weighted by Gasteiger charge is 1.81. The molecule has 0 amide bonds. The second-order valence-corrected chi connectivity index (χ2v) is 3.46. The summed E-state index contributed by atoms with van der Waals surface area (Å²) in [5.74, 6) is 0. The molecule has 0 aromatic heterocycles. The highest BCUT2D eigenvalue weighted by molar-refractivity contribution is 7.83. The molecule has 1 rings (SSSR count). The predicted octanol–water partition coefficient (Wildman–Crippen LogP) is 0.325. The van der Waals surface area contributed by atoms with Crippen molar-refractivity contribution in [2.24, 2.45) is 5.14 Å². The molecule has 0 radical (unpaired) electrons. The first-order chi connectivity index (χ1) is 5.79. The Morgan fingerprint density at radius 2 is 1.54 bits per heavy atom. The van der Waals surface area contributed by atoms with E-state index in [2.05, 4.69) is 5.14 Å². The lowest BCUT2D eigenvalue weighted by atomic mass is 10.2. The van der Waals surface area contributed by atoms with E-state index in [0.29, 0.717) is 0 Å². The molecule has 0 spiro atoms. The molecule has 0 bridgehead atoms. The highest BCUT2D eigenvalue weighted by atomic mass is 32.2. The Hall–Kier alpha value is -1.11. The van der Waals surface area contributed by atoms with E-state index in [9.17, 15) is 0 Å². The molecule has 0 saturated heterocycles. The van der Waals surface area contributed by atoms with Crippen LogP contribution in [0.5, 0.6) is 0 Å². The van der Waals surface area contributed by atoms with Crippen LogP contribution in [0, 0.1) is 6.92 Å². The van der Waals surface area contributed by atoms with Crippen molar-refractivity contribution in [3.8, 4) is 0 Å². The van der Waals surface area contributed by atoms with Gasteiger partial charge in [0.25, 0.3) is 0 Å². The van der Waals surface area contributed by atoms with Crippen LogP contribution in [-0.4, -0.2) is 13.0 Å². The molecule has 74 valence electrons. The fourth-order valence-electron chi connectivity index (χ4n) is 0.566. The number of hydrogen-bond donors (Lipinski definition) is 3. The van der Waals surface area contributed by atoms with Crippen molar-refractivity contribution in [1.82, 2.24) is 0 Å². The van der Waals surface area contributed by atoms with Gasteiger partial charge in [-0.2, -0.15) is 8.42 Å². The van der Waals surface area contributed by atoms with E-state index in [1.54, 1.807) is 0 Å². The Labute approximate surface area is 77.2 Å². The number of benzene rings is 1. The van der Waals surface area contributed by atoms with E-state index in [0.717, 1.165) is 5.69 Å². The maximum atomic E-state index is 8.97. The first-order valence-corrected chi connectivity index (χ1v) is 4.86. The van der Waals surface area contributed by atoms with E-state index >= 15 is 0 Å². The summed E-state index contributed by atoms with van der Waals surface area (Å²) < 4.78 is 25.2. The summed E-state index contributed by atoms with van der Waals surface area (Å²) in [6.07, 6.45) is 0. The summed E-state index contributed by atoms with van der Waals surface area (Å²) in [5, 5.41) is 3.88. The quantitative estimate of drug-likeness (QED) is 0.418. The number of rotatable bonds is 0. The van der Waals surface area contributed by atoms with Crippen LogP contribution in [-0.2, 0) is 10.3 Å². The molecule has 0 unspecified atom stereocenters. The third-order valence-electron chi connectivity index (χ3n) is 1.08. The minimum atomic E-state index is -4.17. The molecule has 6 heteroatoms. The molecule has 0 atom stereocenters. The van der Waals surface area contributed by atoms with Crippen LogP contribution < -0.4 is 10.9 Å². The zero-order chi connectivity index (χ0) is 10.5. The lowest BCUT2D eigenvalue weighted by Gasteiger charge is -1.90. The first kappa shape index (κ1) is 11.9. The number of hydrogen-bond acceptors (Lipinski definition) is 3. The molecule has 5 N–H and O–H groups in total. The van der Waals surface area contributed by atoms with Gasteiger partial charge >= 0.3 is 10.3 Å². The molecule has 0 fully saturated rings. The van der Waals surface area contributed by atoms with Gasteiger partial charge in [-0.1, -0.05) is 17.7 Å². The van der Waals surface area contributed by atoms with Crippen molar-refractivity contribution in [1.29, 1.82) is 0 Å². The van der Waals surface area contributed by atoms with Crippen molar-refractivity contribution in [3.05, 3.63) is 29.8 Å². The Kier molecular flexibility index (Phi) is 4.39. The van der Waals surface area contributed by atoms with Crippen LogP contribution in [0.15, 0.2) is 24.3 Å². The van der Waals surface area contributed by atoms with Crippen LogP contribution in [0.25, 0.3) is 0 Å². The van der Waals surface area contributed by atoms with Gasteiger partial charge in [0.1, 0.15) is 0 Å². The molecule has 0 aliphatic heterocycles. The second kappa shape index (κ2) is 4.80. The third-order valence-corrected chi connectivity index (χ3v) is 1.08. The molecular formula is C7H12N2O3S. The van der Waals surface area contributed by atoms with Crippen molar-refractivity contribution < 1.29 is 13.0 Å². The fraction of sp³-hybridized carbons (Fsp3) is 0.143. The summed E-state index contributed by atoms with van der Waals surface area (Å²) in [7, 11) is -4.17. The largest absolute Gasteiger partial charge is 0.399 e. The zero-order valence-electron chi connectivity index (χ0n) is 7.14. The molecule has 0 aliphatic carbocycles. The van der Waals surface area contributed by atoms with Gasteiger partial charge in [0.05, 0.1) is 0 Å². The van der Waals surface area contributed by atoms with Crippen LogP contribution >= 0.6 is 0 Å².